The molecular formula is C26H27N7O3. The molecule has 0 radical (unpaired) electrons. The second kappa shape index (κ2) is 8.52. The average molecular weight is 486 g/mol. The van der Waals surface area contributed by atoms with Crippen LogP contribution < -0.4 is 10.1 Å². The molecule has 1 N–H and O–H groups in total. The molecule has 4 fully saturated rings. The Labute approximate surface area is 208 Å². The Bertz CT molecular complexity index is 1400. The van der Waals surface area contributed by atoms with Gasteiger partial charge in [-0.1, -0.05) is 6.58 Å². The van der Waals surface area contributed by atoms with Crippen molar-refractivity contribution in [3.05, 3.63) is 49.1 Å². The standard InChI is InChI=1S/C26H27N7O3/c1-3-22(34)30-24-19-9-20(24)23(19)26(35)31-6-4-18(5-7-31)32-14-17(12-28-32)15-8-21(36-2)25-16(10-27)11-29-33(25)13-15/h3,8,11-14,18-20,23-24H,1,4-7,9H2,2H3,(H,30,34). The van der Waals surface area contributed by atoms with E-state index in [0.717, 1.165) is 30.4 Å². The van der Waals surface area contributed by atoms with Crippen LogP contribution in [0.25, 0.3) is 16.6 Å². The van der Waals surface area contributed by atoms with Gasteiger partial charge in [0.25, 0.3) is 0 Å². The number of likely N-dealkylation sites (tertiary alicyclic amines) is 1. The molecule has 2 unspecified atom stereocenters. The molecule has 1 aliphatic heterocycles. The molecule has 4 heterocycles. The number of methoxy groups -OCH3 is 1. The fourth-order valence-corrected chi connectivity index (χ4v) is 5.98. The number of amides is 2. The third-order valence-electron chi connectivity index (χ3n) is 8.17. The average Bonchev–Trinajstić information content (AvgIpc) is 3.53. The van der Waals surface area contributed by atoms with Gasteiger partial charge < -0.3 is 15.0 Å². The lowest BCUT2D eigenvalue weighted by atomic mass is 9.44. The number of carbonyl (C=O) groups excluding carboxylic acids is 2. The summed E-state index contributed by atoms with van der Waals surface area (Å²) in [5.41, 5.74) is 2.94. The van der Waals surface area contributed by atoms with E-state index in [1.165, 1.54) is 12.3 Å². The van der Waals surface area contributed by atoms with Crippen LogP contribution in [0.4, 0.5) is 0 Å². The molecule has 36 heavy (non-hydrogen) atoms. The van der Waals surface area contributed by atoms with E-state index in [9.17, 15) is 14.9 Å². The summed E-state index contributed by atoms with van der Waals surface area (Å²) in [4.78, 5) is 26.6. The van der Waals surface area contributed by atoms with E-state index < -0.39 is 0 Å². The number of piperidine rings is 1. The maximum absolute atomic E-state index is 13.1. The monoisotopic (exact) mass is 485 g/mol. The first-order valence-electron chi connectivity index (χ1n) is 12.2. The smallest absolute Gasteiger partial charge is 0.243 e. The molecule has 3 aromatic heterocycles. The Morgan fingerprint density at radius 3 is 2.64 bits per heavy atom. The quantitative estimate of drug-likeness (QED) is 0.535. The summed E-state index contributed by atoms with van der Waals surface area (Å²) in [5, 5.41) is 21.2. The van der Waals surface area contributed by atoms with Crippen molar-refractivity contribution in [3.8, 4) is 22.9 Å². The molecular weight excluding hydrogens is 458 g/mol. The summed E-state index contributed by atoms with van der Waals surface area (Å²) >= 11 is 0. The molecule has 3 aliphatic carbocycles. The van der Waals surface area contributed by atoms with Gasteiger partial charge in [0.05, 0.1) is 25.5 Å². The molecule has 2 amide bonds. The van der Waals surface area contributed by atoms with Crippen molar-refractivity contribution < 1.29 is 14.3 Å². The highest BCUT2D eigenvalue weighted by Crippen LogP contribution is 2.59. The number of aromatic nitrogens is 4. The summed E-state index contributed by atoms with van der Waals surface area (Å²) in [6.45, 7) is 4.92. The molecule has 184 valence electrons. The van der Waals surface area contributed by atoms with Gasteiger partial charge in [0.2, 0.25) is 11.8 Å². The maximum atomic E-state index is 13.1. The number of carbonyl (C=O) groups is 2. The van der Waals surface area contributed by atoms with Crippen LogP contribution in [0, 0.1) is 29.1 Å². The van der Waals surface area contributed by atoms with Gasteiger partial charge in [-0.05, 0) is 43.2 Å². The summed E-state index contributed by atoms with van der Waals surface area (Å²) in [6.07, 6.45) is 11.3. The second-order valence-electron chi connectivity index (χ2n) is 9.85. The number of hydrogen-bond donors (Lipinski definition) is 1. The lowest BCUT2D eigenvalue weighted by Gasteiger charge is -2.64. The van der Waals surface area contributed by atoms with E-state index in [1.807, 2.05) is 34.2 Å². The van der Waals surface area contributed by atoms with E-state index in [4.69, 9.17) is 4.74 Å². The SMILES string of the molecule is C=CC(=O)NC1C2CC1C2C(=O)N1CCC(n2cc(-c3cc(OC)c4c(C#N)cnn4c3)cn2)CC1. The highest BCUT2D eigenvalue weighted by molar-refractivity contribution is 5.88. The molecule has 10 heteroatoms. The predicted octanol–water partition coefficient (Wildman–Crippen LogP) is 2.18. The van der Waals surface area contributed by atoms with Crippen LogP contribution in [-0.2, 0) is 9.59 Å². The molecule has 2 atom stereocenters. The third-order valence-corrected chi connectivity index (χ3v) is 8.17. The number of pyridine rings is 1. The van der Waals surface area contributed by atoms with Gasteiger partial charge in [-0.25, -0.2) is 4.52 Å². The lowest BCUT2D eigenvalue weighted by Crippen LogP contribution is -2.73. The van der Waals surface area contributed by atoms with Crippen molar-refractivity contribution >= 4 is 17.3 Å². The molecule has 4 aliphatic rings. The van der Waals surface area contributed by atoms with Gasteiger partial charge >= 0.3 is 0 Å². The fourth-order valence-electron chi connectivity index (χ4n) is 5.98. The number of rotatable bonds is 6. The minimum atomic E-state index is -0.157. The van der Waals surface area contributed by atoms with Crippen LogP contribution in [0.1, 0.15) is 30.9 Å². The second-order valence-corrected chi connectivity index (χ2v) is 9.85. The Morgan fingerprint density at radius 1 is 1.19 bits per heavy atom. The van der Waals surface area contributed by atoms with E-state index in [1.54, 1.807) is 11.6 Å². The normalized spacial score (nSPS) is 24.9. The molecule has 3 saturated carbocycles. The van der Waals surface area contributed by atoms with Crippen LogP contribution in [-0.4, -0.2) is 62.3 Å². The van der Waals surface area contributed by atoms with Crippen LogP contribution in [0.5, 0.6) is 5.75 Å². The largest absolute Gasteiger partial charge is 0.494 e. The first kappa shape index (κ1) is 22.3. The lowest BCUT2D eigenvalue weighted by molar-refractivity contribution is -0.177. The van der Waals surface area contributed by atoms with Crippen LogP contribution in [0.3, 0.4) is 0 Å². The highest BCUT2D eigenvalue weighted by Gasteiger charge is 2.65. The number of nitrogens with one attached hydrogen (secondary N) is 1. The zero-order chi connectivity index (χ0) is 25.0. The molecule has 10 nitrogen and oxygen atoms in total. The van der Waals surface area contributed by atoms with E-state index >= 15 is 0 Å². The van der Waals surface area contributed by atoms with Gasteiger partial charge in [-0.2, -0.15) is 15.5 Å². The summed E-state index contributed by atoms with van der Waals surface area (Å²) < 4.78 is 9.17. The van der Waals surface area contributed by atoms with Crippen LogP contribution >= 0.6 is 0 Å². The topological polar surface area (TPSA) is 118 Å². The molecule has 2 bridgehead atoms. The van der Waals surface area contributed by atoms with Crippen molar-refractivity contribution in [3.63, 3.8) is 0 Å². The zero-order valence-corrected chi connectivity index (χ0v) is 20.0. The minimum absolute atomic E-state index is 0.0571. The van der Waals surface area contributed by atoms with Crippen molar-refractivity contribution in [2.45, 2.75) is 31.3 Å². The van der Waals surface area contributed by atoms with Crippen molar-refractivity contribution in [2.75, 3.05) is 20.2 Å². The predicted molar refractivity (Wildman–Crippen MR) is 130 cm³/mol. The van der Waals surface area contributed by atoms with Crippen LogP contribution in [0.2, 0.25) is 0 Å². The van der Waals surface area contributed by atoms with Gasteiger partial charge in [-0.15, -0.1) is 0 Å². The van der Waals surface area contributed by atoms with E-state index in [-0.39, 0.29) is 41.7 Å². The van der Waals surface area contributed by atoms with Crippen molar-refractivity contribution in [2.24, 2.45) is 17.8 Å². The van der Waals surface area contributed by atoms with Crippen molar-refractivity contribution in [1.82, 2.24) is 29.6 Å². The van der Waals surface area contributed by atoms with Gasteiger partial charge in [0.1, 0.15) is 22.9 Å². The summed E-state index contributed by atoms with van der Waals surface area (Å²) in [5.74, 6) is 1.26. The van der Waals surface area contributed by atoms with E-state index in [2.05, 4.69) is 28.2 Å². The van der Waals surface area contributed by atoms with E-state index in [0.29, 0.717) is 29.9 Å². The Morgan fingerprint density at radius 2 is 1.97 bits per heavy atom. The minimum Gasteiger partial charge on any atom is -0.494 e. The number of hydrogen-bond acceptors (Lipinski definition) is 6. The third kappa shape index (κ3) is 3.38. The van der Waals surface area contributed by atoms with Crippen LogP contribution in [0.15, 0.2) is 43.5 Å². The van der Waals surface area contributed by atoms with Gasteiger partial charge in [0, 0.05) is 48.6 Å². The first-order valence-corrected chi connectivity index (χ1v) is 12.2. The molecule has 3 aromatic rings. The number of nitriles is 1. The molecule has 0 aromatic carbocycles. The van der Waals surface area contributed by atoms with Gasteiger partial charge in [0.15, 0.2) is 0 Å². The maximum Gasteiger partial charge on any atom is 0.243 e. The van der Waals surface area contributed by atoms with Crippen molar-refractivity contribution in [1.29, 1.82) is 5.26 Å². The highest BCUT2D eigenvalue weighted by atomic mass is 16.5. The van der Waals surface area contributed by atoms with Gasteiger partial charge in [-0.3, -0.25) is 14.3 Å². The number of nitrogens with zero attached hydrogens (tertiary/aromatic N) is 6. The first-order chi connectivity index (χ1) is 17.5. The molecule has 7 rings (SSSR count). The number of fused-ring (bicyclic) bond motifs is 1. The summed E-state index contributed by atoms with van der Waals surface area (Å²) in [7, 11) is 1.58. The molecule has 0 spiro atoms. The fraction of sp³-hybridized carbons (Fsp3) is 0.423. The number of ether oxygens (including phenoxy) is 1. The Hall–Kier alpha value is -4.13. The summed E-state index contributed by atoms with van der Waals surface area (Å²) in [6, 6.07) is 4.40. The Balaban J connectivity index is 1.10. The zero-order valence-electron chi connectivity index (χ0n) is 20.0. The Kier molecular flexibility index (Phi) is 5.29. The molecule has 1 saturated heterocycles.